The van der Waals surface area contributed by atoms with Crippen molar-refractivity contribution in [1.82, 2.24) is 5.43 Å². The zero-order valence-electron chi connectivity index (χ0n) is 24.9. The SMILES string of the molecule is CCOC(=O)c1c(NC(=O)c2ccc(O[C@H](C)C(=O)N/N=C\c3ccc(OCC)c(OCC)c3)cc2)sc2c1CCCC2. The second-order valence-corrected chi connectivity index (χ2v) is 10.8. The number of hydrogen-bond donors (Lipinski definition) is 2. The number of ether oxygens (including phenoxy) is 4. The Bertz CT molecular complexity index is 1470. The van der Waals surface area contributed by atoms with Gasteiger partial charge in [-0.15, -0.1) is 11.3 Å². The topological polar surface area (TPSA) is 125 Å². The fourth-order valence-electron chi connectivity index (χ4n) is 4.60. The van der Waals surface area contributed by atoms with E-state index in [1.54, 1.807) is 50.2 Å². The summed E-state index contributed by atoms with van der Waals surface area (Å²) in [6.45, 7) is 8.43. The Morgan fingerprint density at radius 2 is 1.67 bits per heavy atom. The number of aryl methyl sites for hydroxylation is 1. The van der Waals surface area contributed by atoms with Crippen LogP contribution in [0.4, 0.5) is 5.00 Å². The molecule has 2 amide bonds. The van der Waals surface area contributed by atoms with Gasteiger partial charge in [0.1, 0.15) is 10.8 Å². The first kappa shape index (κ1) is 31.6. The number of carbonyl (C=O) groups is 3. The first-order chi connectivity index (χ1) is 20.8. The number of hydrazone groups is 1. The molecule has 1 heterocycles. The first-order valence-electron chi connectivity index (χ1n) is 14.5. The molecule has 0 saturated carbocycles. The van der Waals surface area contributed by atoms with Crippen LogP contribution in [0.2, 0.25) is 0 Å². The molecule has 4 rings (SSSR count). The Kier molecular flexibility index (Phi) is 11.2. The lowest BCUT2D eigenvalue weighted by molar-refractivity contribution is -0.127. The molecule has 0 spiro atoms. The molecular formula is C32H37N3O7S. The fraction of sp³-hybridized carbons (Fsp3) is 0.375. The van der Waals surface area contributed by atoms with Gasteiger partial charge < -0.3 is 24.3 Å². The van der Waals surface area contributed by atoms with Crippen molar-refractivity contribution in [3.63, 3.8) is 0 Å². The minimum atomic E-state index is -0.847. The van der Waals surface area contributed by atoms with Crippen LogP contribution in [0.25, 0.3) is 0 Å². The highest BCUT2D eigenvalue weighted by Crippen LogP contribution is 2.39. The van der Waals surface area contributed by atoms with Crippen molar-refractivity contribution in [3.05, 3.63) is 69.6 Å². The molecule has 10 nitrogen and oxygen atoms in total. The van der Waals surface area contributed by atoms with Gasteiger partial charge >= 0.3 is 5.97 Å². The standard InChI is InChI=1S/C32H37N3O7S/c1-5-39-25-17-12-21(18-26(25)40-6-2)19-33-35-29(36)20(4)42-23-15-13-22(14-16-23)30(37)34-31-28(32(38)41-7-3)24-10-8-9-11-27(24)43-31/h12-20H,5-11H2,1-4H3,(H,34,37)(H,35,36)/b33-19-/t20-/m1/s1. The maximum absolute atomic E-state index is 13.1. The number of rotatable bonds is 13. The summed E-state index contributed by atoms with van der Waals surface area (Å²) in [5.74, 6) is 0.451. The zero-order chi connectivity index (χ0) is 30.8. The summed E-state index contributed by atoms with van der Waals surface area (Å²) in [4.78, 5) is 39.4. The molecule has 0 bridgehead atoms. The average molecular weight is 608 g/mol. The molecule has 3 aromatic rings. The first-order valence-corrected chi connectivity index (χ1v) is 15.3. The molecule has 0 fully saturated rings. The van der Waals surface area contributed by atoms with E-state index >= 15 is 0 Å². The Morgan fingerprint density at radius 3 is 2.40 bits per heavy atom. The van der Waals surface area contributed by atoms with Crippen molar-refractivity contribution in [3.8, 4) is 17.2 Å². The summed E-state index contributed by atoms with van der Waals surface area (Å²) in [5, 5.41) is 7.44. The Labute approximate surface area is 255 Å². The van der Waals surface area contributed by atoms with E-state index in [1.807, 2.05) is 19.9 Å². The third-order valence-corrected chi connectivity index (χ3v) is 7.84. The van der Waals surface area contributed by atoms with E-state index in [1.165, 1.54) is 17.6 Å². The highest BCUT2D eigenvalue weighted by Gasteiger charge is 2.27. The van der Waals surface area contributed by atoms with Gasteiger partial charge in [0.05, 0.1) is 31.6 Å². The van der Waals surface area contributed by atoms with Gasteiger partial charge in [-0.1, -0.05) is 0 Å². The van der Waals surface area contributed by atoms with E-state index in [9.17, 15) is 14.4 Å². The zero-order valence-corrected chi connectivity index (χ0v) is 25.7. The lowest BCUT2D eigenvalue weighted by Crippen LogP contribution is -2.33. The Hall–Kier alpha value is -4.38. The van der Waals surface area contributed by atoms with Crippen LogP contribution in [-0.4, -0.2) is 49.9 Å². The minimum absolute atomic E-state index is 0.263. The van der Waals surface area contributed by atoms with Crippen LogP contribution in [0.15, 0.2) is 47.6 Å². The van der Waals surface area contributed by atoms with E-state index in [2.05, 4.69) is 15.8 Å². The van der Waals surface area contributed by atoms with E-state index in [0.29, 0.717) is 46.6 Å². The largest absolute Gasteiger partial charge is 0.490 e. The van der Waals surface area contributed by atoms with Crippen LogP contribution in [0.5, 0.6) is 17.2 Å². The van der Waals surface area contributed by atoms with E-state index in [-0.39, 0.29) is 12.5 Å². The predicted molar refractivity (Wildman–Crippen MR) is 166 cm³/mol. The Balaban J connectivity index is 1.34. The average Bonchev–Trinajstić information content (AvgIpc) is 3.37. The molecule has 1 atom stereocenters. The molecule has 0 radical (unpaired) electrons. The van der Waals surface area contributed by atoms with E-state index in [4.69, 9.17) is 18.9 Å². The van der Waals surface area contributed by atoms with Crippen molar-refractivity contribution in [2.24, 2.45) is 5.10 Å². The fourth-order valence-corrected chi connectivity index (χ4v) is 5.87. The molecule has 1 aliphatic rings. The van der Waals surface area contributed by atoms with Crippen LogP contribution < -0.4 is 25.0 Å². The summed E-state index contributed by atoms with van der Waals surface area (Å²) in [6, 6.07) is 11.8. The summed E-state index contributed by atoms with van der Waals surface area (Å²) in [6.07, 6.45) is 4.42. The van der Waals surface area contributed by atoms with Crippen LogP contribution >= 0.6 is 11.3 Å². The van der Waals surface area contributed by atoms with Gasteiger partial charge in [-0.2, -0.15) is 5.10 Å². The van der Waals surface area contributed by atoms with Crippen LogP contribution in [0.1, 0.15) is 77.3 Å². The third-order valence-electron chi connectivity index (χ3n) is 6.63. The van der Waals surface area contributed by atoms with Crippen molar-refractivity contribution in [1.29, 1.82) is 0 Å². The number of amides is 2. The number of fused-ring (bicyclic) bond motifs is 1. The number of anilines is 1. The van der Waals surface area contributed by atoms with Crippen LogP contribution in [-0.2, 0) is 22.4 Å². The quantitative estimate of drug-likeness (QED) is 0.144. The predicted octanol–water partition coefficient (Wildman–Crippen LogP) is 5.77. The molecule has 43 heavy (non-hydrogen) atoms. The molecule has 0 aliphatic heterocycles. The number of thiophene rings is 1. The number of nitrogens with one attached hydrogen (secondary N) is 2. The lowest BCUT2D eigenvalue weighted by atomic mass is 9.95. The van der Waals surface area contributed by atoms with Crippen molar-refractivity contribution in [2.45, 2.75) is 59.5 Å². The molecule has 2 N–H and O–H groups in total. The number of carbonyl (C=O) groups excluding carboxylic acids is 3. The molecule has 228 valence electrons. The smallest absolute Gasteiger partial charge is 0.341 e. The van der Waals surface area contributed by atoms with Gasteiger partial charge in [-0.25, -0.2) is 10.2 Å². The lowest BCUT2D eigenvalue weighted by Gasteiger charge is -2.14. The molecular weight excluding hydrogens is 570 g/mol. The Morgan fingerprint density at radius 1 is 0.953 bits per heavy atom. The summed E-state index contributed by atoms with van der Waals surface area (Å²) >= 11 is 1.44. The molecule has 0 unspecified atom stereocenters. The maximum Gasteiger partial charge on any atom is 0.341 e. The number of nitrogens with zero attached hydrogens (tertiary/aromatic N) is 1. The van der Waals surface area contributed by atoms with Gasteiger partial charge in [-0.05, 0) is 107 Å². The molecule has 1 aromatic heterocycles. The maximum atomic E-state index is 13.1. The number of hydrogen-bond acceptors (Lipinski definition) is 9. The molecule has 11 heteroatoms. The van der Waals surface area contributed by atoms with Crippen LogP contribution in [0, 0.1) is 0 Å². The van der Waals surface area contributed by atoms with Gasteiger partial charge in [-0.3, -0.25) is 9.59 Å². The normalized spacial score (nSPS) is 13.1. The number of benzene rings is 2. The van der Waals surface area contributed by atoms with Gasteiger partial charge in [0.25, 0.3) is 11.8 Å². The summed E-state index contributed by atoms with van der Waals surface area (Å²) in [5.41, 5.74) is 5.04. The number of esters is 1. The van der Waals surface area contributed by atoms with Crippen molar-refractivity contribution >= 4 is 40.3 Å². The second kappa shape index (κ2) is 15.2. The third kappa shape index (κ3) is 8.13. The van der Waals surface area contributed by atoms with Gasteiger partial charge in [0, 0.05) is 10.4 Å². The summed E-state index contributed by atoms with van der Waals surface area (Å²) < 4.78 is 22.2. The highest BCUT2D eigenvalue weighted by atomic mass is 32.1. The van der Waals surface area contributed by atoms with Crippen LogP contribution in [0.3, 0.4) is 0 Å². The van der Waals surface area contributed by atoms with E-state index in [0.717, 1.165) is 41.7 Å². The van der Waals surface area contributed by atoms with E-state index < -0.39 is 18.0 Å². The molecule has 1 aliphatic carbocycles. The molecule has 2 aromatic carbocycles. The second-order valence-electron chi connectivity index (χ2n) is 9.68. The monoisotopic (exact) mass is 607 g/mol. The minimum Gasteiger partial charge on any atom is -0.490 e. The van der Waals surface area contributed by atoms with Crippen molar-refractivity contribution in [2.75, 3.05) is 25.1 Å². The van der Waals surface area contributed by atoms with Gasteiger partial charge in [0.2, 0.25) is 0 Å². The van der Waals surface area contributed by atoms with Crippen molar-refractivity contribution < 1.29 is 33.3 Å². The summed E-state index contributed by atoms with van der Waals surface area (Å²) in [7, 11) is 0. The highest BCUT2D eigenvalue weighted by molar-refractivity contribution is 7.17. The van der Waals surface area contributed by atoms with Gasteiger partial charge in [0.15, 0.2) is 17.6 Å². The molecule has 0 saturated heterocycles.